The van der Waals surface area contributed by atoms with Gasteiger partial charge in [-0.05, 0) is 50.5 Å². The van der Waals surface area contributed by atoms with Crippen molar-refractivity contribution in [1.82, 2.24) is 5.32 Å². The molecule has 1 unspecified atom stereocenters. The molecule has 0 aromatic carbocycles. The minimum Gasteiger partial charge on any atom is -0.314 e. The minimum atomic E-state index is 0.762. The van der Waals surface area contributed by atoms with Crippen molar-refractivity contribution < 1.29 is 0 Å². The van der Waals surface area contributed by atoms with Crippen LogP contribution in [0.2, 0.25) is 0 Å². The molecule has 0 heterocycles. The van der Waals surface area contributed by atoms with Crippen molar-refractivity contribution in [3.05, 3.63) is 12.7 Å². The molecule has 0 aromatic rings. The third-order valence-corrected chi connectivity index (χ3v) is 4.02. The molecule has 1 nitrogen and oxygen atoms in total. The fourth-order valence-electron chi connectivity index (χ4n) is 2.94. The summed E-state index contributed by atoms with van der Waals surface area (Å²) in [6.07, 6.45) is 11.6. The van der Waals surface area contributed by atoms with Crippen LogP contribution in [-0.4, -0.2) is 12.6 Å². The summed E-state index contributed by atoms with van der Waals surface area (Å²) in [5, 5.41) is 3.69. The molecule has 1 rings (SSSR count). The zero-order valence-corrected chi connectivity index (χ0v) is 11.2. The first kappa shape index (κ1) is 13.8. The van der Waals surface area contributed by atoms with Gasteiger partial charge >= 0.3 is 0 Å². The topological polar surface area (TPSA) is 12.0 Å². The van der Waals surface area contributed by atoms with E-state index in [9.17, 15) is 0 Å². The second kappa shape index (κ2) is 7.89. The van der Waals surface area contributed by atoms with Gasteiger partial charge in [-0.25, -0.2) is 0 Å². The van der Waals surface area contributed by atoms with Gasteiger partial charge in [-0.15, -0.1) is 6.58 Å². The van der Waals surface area contributed by atoms with Crippen molar-refractivity contribution >= 4 is 0 Å². The highest BCUT2D eigenvalue weighted by atomic mass is 14.9. The molecule has 0 amide bonds. The molecule has 16 heavy (non-hydrogen) atoms. The summed E-state index contributed by atoms with van der Waals surface area (Å²) in [5.74, 6) is 1.90. The highest BCUT2D eigenvalue weighted by Crippen LogP contribution is 2.31. The largest absolute Gasteiger partial charge is 0.314 e. The van der Waals surface area contributed by atoms with Crippen molar-refractivity contribution in [2.24, 2.45) is 11.8 Å². The molecule has 0 radical (unpaired) electrons. The van der Waals surface area contributed by atoms with Crippen molar-refractivity contribution in [1.29, 1.82) is 0 Å². The second-order valence-corrected chi connectivity index (χ2v) is 5.40. The van der Waals surface area contributed by atoms with Gasteiger partial charge in [0.25, 0.3) is 0 Å². The maximum absolute atomic E-state index is 3.81. The lowest BCUT2D eigenvalue weighted by Crippen LogP contribution is -2.37. The smallest absolute Gasteiger partial charge is 0.00953 e. The van der Waals surface area contributed by atoms with E-state index >= 15 is 0 Å². The van der Waals surface area contributed by atoms with Crippen LogP contribution in [0, 0.1) is 11.8 Å². The van der Waals surface area contributed by atoms with Crippen LogP contribution in [0.4, 0.5) is 0 Å². The summed E-state index contributed by atoms with van der Waals surface area (Å²) in [6.45, 7) is 9.55. The molecule has 1 aliphatic rings. The molecule has 0 saturated heterocycles. The average molecular weight is 223 g/mol. The van der Waals surface area contributed by atoms with E-state index in [1.54, 1.807) is 0 Å². The molecule has 1 atom stereocenters. The Labute approximate surface area is 102 Å². The maximum atomic E-state index is 3.81. The molecule has 1 fully saturated rings. The van der Waals surface area contributed by atoms with Gasteiger partial charge in [-0.3, -0.25) is 0 Å². The van der Waals surface area contributed by atoms with E-state index in [4.69, 9.17) is 0 Å². The number of hydrogen-bond donors (Lipinski definition) is 1. The first-order valence-corrected chi connectivity index (χ1v) is 7.12. The molecule has 1 saturated carbocycles. The van der Waals surface area contributed by atoms with Gasteiger partial charge in [0.2, 0.25) is 0 Å². The summed E-state index contributed by atoms with van der Waals surface area (Å²) in [6, 6.07) is 0.762. The van der Waals surface area contributed by atoms with E-state index in [1.165, 1.54) is 44.9 Å². The average Bonchev–Trinajstić information content (AvgIpc) is 2.29. The van der Waals surface area contributed by atoms with Crippen LogP contribution in [0.3, 0.4) is 0 Å². The Bertz CT molecular complexity index is 180. The minimum absolute atomic E-state index is 0.762. The van der Waals surface area contributed by atoms with E-state index in [0.29, 0.717) is 0 Å². The van der Waals surface area contributed by atoms with Crippen molar-refractivity contribution in [2.45, 2.75) is 64.8 Å². The lowest BCUT2D eigenvalue weighted by Gasteiger charge is -2.33. The van der Waals surface area contributed by atoms with E-state index < -0.39 is 0 Å². The fourth-order valence-corrected chi connectivity index (χ4v) is 2.94. The molecule has 0 spiro atoms. The van der Waals surface area contributed by atoms with Crippen molar-refractivity contribution in [2.75, 3.05) is 6.54 Å². The molecule has 1 N–H and O–H groups in total. The lowest BCUT2D eigenvalue weighted by atomic mass is 9.78. The number of allylic oxidation sites excluding steroid dienone is 1. The predicted molar refractivity (Wildman–Crippen MR) is 72.6 cm³/mol. The monoisotopic (exact) mass is 223 g/mol. The van der Waals surface area contributed by atoms with E-state index in [2.05, 4.69) is 25.7 Å². The number of unbranched alkanes of at least 4 members (excludes halogenated alkanes) is 1. The maximum Gasteiger partial charge on any atom is 0.00953 e. The van der Waals surface area contributed by atoms with Gasteiger partial charge in [0.05, 0.1) is 0 Å². The van der Waals surface area contributed by atoms with Gasteiger partial charge in [0.1, 0.15) is 0 Å². The molecule has 0 bridgehead atoms. The van der Waals surface area contributed by atoms with Crippen LogP contribution < -0.4 is 5.32 Å². The Morgan fingerprint density at radius 3 is 2.56 bits per heavy atom. The standard InChI is InChI=1S/C15H29N/c1-4-6-7-8-15(16-5-2)14-11-9-13(3)10-12-14/h4,13-16H,1,5-12H2,2-3H3. The lowest BCUT2D eigenvalue weighted by molar-refractivity contribution is 0.222. The quantitative estimate of drug-likeness (QED) is 0.505. The highest BCUT2D eigenvalue weighted by Gasteiger charge is 2.24. The molecule has 1 aliphatic carbocycles. The van der Waals surface area contributed by atoms with Crippen molar-refractivity contribution in [3.8, 4) is 0 Å². The first-order chi connectivity index (χ1) is 7.77. The molecule has 0 aliphatic heterocycles. The summed E-state index contributed by atoms with van der Waals surface area (Å²) >= 11 is 0. The highest BCUT2D eigenvalue weighted by molar-refractivity contribution is 4.81. The van der Waals surface area contributed by atoms with Crippen LogP contribution in [0.5, 0.6) is 0 Å². The second-order valence-electron chi connectivity index (χ2n) is 5.40. The van der Waals surface area contributed by atoms with E-state index in [0.717, 1.165) is 24.4 Å². The Morgan fingerprint density at radius 2 is 2.00 bits per heavy atom. The van der Waals surface area contributed by atoms with Gasteiger partial charge < -0.3 is 5.32 Å². The number of nitrogens with one attached hydrogen (secondary N) is 1. The Hall–Kier alpha value is -0.300. The molecule has 0 aromatic heterocycles. The van der Waals surface area contributed by atoms with Gasteiger partial charge in [-0.1, -0.05) is 32.8 Å². The summed E-state index contributed by atoms with van der Waals surface area (Å²) in [5.41, 5.74) is 0. The summed E-state index contributed by atoms with van der Waals surface area (Å²) in [4.78, 5) is 0. The van der Waals surface area contributed by atoms with Crippen molar-refractivity contribution in [3.63, 3.8) is 0 Å². The zero-order chi connectivity index (χ0) is 11.8. The Morgan fingerprint density at radius 1 is 1.31 bits per heavy atom. The van der Waals surface area contributed by atoms with Gasteiger partial charge in [0.15, 0.2) is 0 Å². The normalized spacial score (nSPS) is 27.6. The van der Waals surface area contributed by atoms with E-state index in [1.807, 2.05) is 6.08 Å². The number of hydrogen-bond acceptors (Lipinski definition) is 1. The van der Waals surface area contributed by atoms with Crippen LogP contribution >= 0.6 is 0 Å². The third-order valence-electron chi connectivity index (χ3n) is 4.02. The SMILES string of the molecule is C=CCCCC(NCC)C1CCC(C)CC1. The number of rotatable bonds is 7. The molecular formula is C15H29N. The van der Waals surface area contributed by atoms with Crippen LogP contribution in [0.25, 0.3) is 0 Å². The first-order valence-electron chi connectivity index (χ1n) is 7.12. The fraction of sp³-hybridized carbons (Fsp3) is 0.867. The summed E-state index contributed by atoms with van der Waals surface area (Å²) < 4.78 is 0. The third kappa shape index (κ3) is 4.69. The summed E-state index contributed by atoms with van der Waals surface area (Å²) in [7, 11) is 0. The van der Waals surface area contributed by atoms with Gasteiger partial charge in [-0.2, -0.15) is 0 Å². The van der Waals surface area contributed by atoms with Gasteiger partial charge in [0, 0.05) is 6.04 Å². The molecule has 94 valence electrons. The zero-order valence-electron chi connectivity index (χ0n) is 11.2. The van der Waals surface area contributed by atoms with Crippen LogP contribution in [0.15, 0.2) is 12.7 Å². The predicted octanol–water partition coefficient (Wildman–Crippen LogP) is 4.15. The molecule has 1 heteroatoms. The van der Waals surface area contributed by atoms with Crippen LogP contribution in [-0.2, 0) is 0 Å². The Balaban J connectivity index is 2.33. The Kier molecular flexibility index (Phi) is 6.79. The van der Waals surface area contributed by atoms with Crippen LogP contribution in [0.1, 0.15) is 58.8 Å². The van der Waals surface area contributed by atoms with E-state index in [-0.39, 0.29) is 0 Å². The molecular weight excluding hydrogens is 194 g/mol.